The summed E-state index contributed by atoms with van der Waals surface area (Å²) < 4.78 is 28.5. The van der Waals surface area contributed by atoms with Crippen molar-refractivity contribution in [2.24, 2.45) is 0 Å². The Bertz CT molecular complexity index is 417. The minimum Gasteiger partial charge on any atom is -0.489 e. The first-order chi connectivity index (χ1) is 7.72. The van der Waals surface area contributed by atoms with Crippen molar-refractivity contribution in [3.63, 3.8) is 0 Å². The van der Waals surface area contributed by atoms with Gasteiger partial charge in [-0.15, -0.1) is 0 Å². The molecule has 4 nitrogen and oxygen atoms in total. The zero-order valence-electron chi connectivity index (χ0n) is 8.79. The molecule has 0 saturated heterocycles. The third-order valence-electron chi connectivity index (χ3n) is 2.22. The van der Waals surface area contributed by atoms with Crippen LogP contribution in [-0.4, -0.2) is 26.3 Å². The van der Waals surface area contributed by atoms with Crippen LogP contribution in [-0.2, 0) is 4.74 Å². The lowest BCUT2D eigenvalue weighted by molar-refractivity contribution is 0.0595. The molecule has 0 aliphatic carbocycles. The van der Waals surface area contributed by atoms with Gasteiger partial charge in [-0.2, -0.15) is 0 Å². The summed E-state index contributed by atoms with van der Waals surface area (Å²) in [6.07, 6.45) is 0.691. The van der Waals surface area contributed by atoms with Crippen molar-refractivity contribution < 1.29 is 23.4 Å². The molecule has 0 fully saturated rings. The van der Waals surface area contributed by atoms with Crippen LogP contribution >= 0.6 is 0 Å². The van der Waals surface area contributed by atoms with Crippen molar-refractivity contribution >= 4 is 5.97 Å². The second-order valence-electron chi connectivity index (χ2n) is 3.32. The van der Waals surface area contributed by atoms with E-state index < -0.39 is 11.8 Å². The number of benzene rings is 1. The first-order valence-electron chi connectivity index (χ1n) is 4.90. The minimum absolute atomic E-state index is 0.0550. The van der Waals surface area contributed by atoms with Crippen LogP contribution in [0.4, 0.5) is 4.39 Å². The number of ether oxygens (including phenoxy) is 3. The molecule has 2 rings (SSSR count). The molecule has 86 valence electrons. The van der Waals surface area contributed by atoms with Gasteiger partial charge in [0.15, 0.2) is 11.5 Å². The molecule has 0 spiro atoms. The van der Waals surface area contributed by atoms with Gasteiger partial charge in [-0.1, -0.05) is 0 Å². The summed E-state index contributed by atoms with van der Waals surface area (Å²) in [6, 6.07) is 2.28. The van der Waals surface area contributed by atoms with Crippen LogP contribution in [0.1, 0.15) is 16.8 Å². The highest BCUT2D eigenvalue weighted by atomic mass is 19.1. The largest absolute Gasteiger partial charge is 0.489 e. The fourth-order valence-corrected chi connectivity index (χ4v) is 1.50. The van der Waals surface area contributed by atoms with E-state index in [0.29, 0.717) is 19.6 Å². The summed E-state index contributed by atoms with van der Waals surface area (Å²) in [7, 11) is 1.23. The van der Waals surface area contributed by atoms with Gasteiger partial charge in [0.2, 0.25) is 0 Å². The number of hydrogen-bond acceptors (Lipinski definition) is 4. The molecule has 1 aromatic carbocycles. The number of methoxy groups -OCH3 is 1. The normalized spacial score (nSPS) is 14.1. The van der Waals surface area contributed by atoms with Gasteiger partial charge in [-0.05, 0) is 6.07 Å². The Morgan fingerprint density at radius 2 is 2.12 bits per heavy atom. The van der Waals surface area contributed by atoms with Crippen molar-refractivity contribution in [1.82, 2.24) is 0 Å². The Morgan fingerprint density at radius 3 is 2.88 bits per heavy atom. The van der Waals surface area contributed by atoms with Crippen LogP contribution < -0.4 is 9.47 Å². The smallest absolute Gasteiger partial charge is 0.341 e. The molecule has 0 saturated carbocycles. The van der Waals surface area contributed by atoms with Crippen molar-refractivity contribution in [3.05, 3.63) is 23.5 Å². The van der Waals surface area contributed by atoms with Gasteiger partial charge in [0, 0.05) is 12.5 Å². The molecular formula is C11H11FO4. The van der Waals surface area contributed by atoms with E-state index in [9.17, 15) is 9.18 Å². The number of carbonyl (C=O) groups is 1. The van der Waals surface area contributed by atoms with E-state index in [1.165, 1.54) is 13.2 Å². The van der Waals surface area contributed by atoms with Gasteiger partial charge < -0.3 is 14.2 Å². The van der Waals surface area contributed by atoms with Crippen molar-refractivity contribution in [3.8, 4) is 11.5 Å². The maximum Gasteiger partial charge on any atom is 0.341 e. The third kappa shape index (κ3) is 1.93. The van der Waals surface area contributed by atoms with Crippen LogP contribution in [0.2, 0.25) is 0 Å². The molecule has 1 aliphatic rings. The third-order valence-corrected chi connectivity index (χ3v) is 2.22. The molecule has 16 heavy (non-hydrogen) atoms. The molecule has 1 heterocycles. The van der Waals surface area contributed by atoms with Crippen LogP contribution in [0.3, 0.4) is 0 Å². The number of hydrogen-bond donors (Lipinski definition) is 0. The Labute approximate surface area is 91.9 Å². The summed E-state index contributed by atoms with van der Waals surface area (Å²) in [6.45, 7) is 0.875. The second kappa shape index (κ2) is 4.38. The van der Waals surface area contributed by atoms with E-state index in [1.54, 1.807) is 0 Å². The Hall–Kier alpha value is -1.78. The monoisotopic (exact) mass is 226 g/mol. The van der Waals surface area contributed by atoms with Gasteiger partial charge in [-0.25, -0.2) is 9.18 Å². The molecule has 1 aliphatic heterocycles. The molecule has 1 aromatic rings. The summed E-state index contributed by atoms with van der Waals surface area (Å²) in [5.74, 6) is -0.686. The lowest BCUT2D eigenvalue weighted by Crippen LogP contribution is -2.06. The van der Waals surface area contributed by atoms with E-state index in [-0.39, 0.29) is 17.1 Å². The number of carbonyl (C=O) groups excluding carboxylic acids is 1. The fourth-order valence-electron chi connectivity index (χ4n) is 1.50. The van der Waals surface area contributed by atoms with Crippen LogP contribution in [0.5, 0.6) is 11.5 Å². The first-order valence-corrected chi connectivity index (χ1v) is 4.90. The lowest BCUT2D eigenvalue weighted by Gasteiger charge is -2.11. The van der Waals surface area contributed by atoms with Gasteiger partial charge >= 0.3 is 5.97 Å². The highest BCUT2D eigenvalue weighted by Crippen LogP contribution is 2.34. The van der Waals surface area contributed by atoms with E-state index in [4.69, 9.17) is 9.47 Å². The molecular weight excluding hydrogens is 215 g/mol. The Balaban J connectivity index is 2.50. The molecule has 0 unspecified atom stereocenters. The summed E-state index contributed by atoms with van der Waals surface area (Å²) >= 11 is 0. The zero-order chi connectivity index (χ0) is 11.5. The van der Waals surface area contributed by atoms with Gasteiger partial charge in [0.25, 0.3) is 0 Å². The number of fused-ring (bicyclic) bond motifs is 1. The van der Waals surface area contributed by atoms with Crippen LogP contribution in [0.15, 0.2) is 12.1 Å². The molecule has 0 atom stereocenters. The van der Waals surface area contributed by atoms with Gasteiger partial charge in [-0.3, -0.25) is 0 Å². The van der Waals surface area contributed by atoms with Crippen molar-refractivity contribution in [2.75, 3.05) is 20.3 Å². The summed E-state index contributed by atoms with van der Waals surface area (Å²) in [4.78, 5) is 11.4. The fraction of sp³-hybridized carbons (Fsp3) is 0.364. The molecule has 0 N–H and O–H groups in total. The van der Waals surface area contributed by atoms with Gasteiger partial charge in [0.05, 0.1) is 20.3 Å². The zero-order valence-corrected chi connectivity index (χ0v) is 8.79. The standard InChI is InChI=1S/C11H11FO4/c1-14-11(13)8-5-7(12)6-9-10(8)16-4-2-3-15-9/h5-6H,2-4H2,1H3. The van der Waals surface area contributed by atoms with Gasteiger partial charge in [0.1, 0.15) is 11.4 Å². The maximum absolute atomic E-state index is 13.2. The SMILES string of the molecule is COC(=O)c1cc(F)cc2c1OCCCO2. The molecule has 0 amide bonds. The van der Waals surface area contributed by atoms with E-state index in [1.807, 2.05) is 0 Å². The van der Waals surface area contributed by atoms with Crippen molar-refractivity contribution in [1.29, 1.82) is 0 Å². The van der Waals surface area contributed by atoms with E-state index in [0.717, 1.165) is 6.07 Å². The molecule has 5 heteroatoms. The quantitative estimate of drug-likeness (QED) is 0.684. The first kappa shape index (κ1) is 10.7. The highest BCUT2D eigenvalue weighted by molar-refractivity contribution is 5.93. The number of esters is 1. The van der Waals surface area contributed by atoms with Crippen LogP contribution in [0, 0.1) is 5.82 Å². The topological polar surface area (TPSA) is 44.8 Å². The van der Waals surface area contributed by atoms with Crippen LogP contribution in [0.25, 0.3) is 0 Å². The molecule has 0 aromatic heterocycles. The average molecular weight is 226 g/mol. The molecule has 0 bridgehead atoms. The average Bonchev–Trinajstić information content (AvgIpc) is 2.51. The highest BCUT2D eigenvalue weighted by Gasteiger charge is 2.21. The minimum atomic E-state index is -0.638. The van der Waals surface area contributed by atoms with Crippen molar-refractivity contribution in [2.45, 2.75) is 6.42 Å². The Kier molecular flexibility index (Phi) is 2.94. The number of rotatable bonds is 1. The van der Waals surface area contributed by atoms with E-state index in [2.05, 4.69) is 4.74 Å². The predicted molar refractivity (Wildman–Crippen MR) is 53.3 cm³/mol. The summed E-state index contributed by atoms with van der Waals surface area (Å²) in [5.41, 5.74) is 0.0550. The molecule has 0 radical (unpaired) electrons. The second-order valence-corrected chi connectivity index (χ2v) is 3.32. The summed E-state index contributed by atoms with van der Waals surface area (Å²) in [5, 5.41) is 0. The Morgan fingerprint density at radius 1 is 1.38 bits per heavy atom. The number of halogens is 1. The van der Waals surface area contributed by atoms with E-state index >= 15 is 0 Å². The lowest BCUT2D eigenvalue weighted by atomic mass is 10.2. The predicted octanol–water partition coefficient (Wildman–Crippen LogP) is 1.77. The maximum atomic E-state index is 13.2.